The number of halogens is 2. The lowest BCUT2D eigenvalue weighted by molar-refractivity contribution is 0.0780. The zero-order chi connectivity index (χ0) is 32.1. The topological polar surface area (TPSA) is 59.1 Å². The van der Waals surface area contributed by atoms with Crippen molar-refractivity contribution < 1.29 is 18.5 Å². The third-order valence-electron chi connectivity index (χ3n) is 8.91. The molecule has 0 aromatic heterocycles. The Kier molecular flexibility index (Phi) is 11.1. The lowest BCUT2D eigenvalue weighted by Gasteiger charge is -2.34. The van der Waals surface area contributed by atoms with E-state index in [-0.39, 0.29) is 11.8 Å². The number of fused-ring (bicyclic) bond motifs is 1. The second kappa shape index (κ2) is 15.0. The van der Waals surface area contributed by atoms with Crippen LogP contribution < -0.4 is 9.47 Å². The Bertz CT molecular complexity index is 1690. The molecule has 0 bridgehead atoms. The minimum absolute atomic E-state index is 0.0255. The van der Waals surface area contributed by atoms with Crippen molar-refractivity contribution in [2.45, 2.75) is 36.0 Å². The standard InChI is InChI=1S/C36H40Cl2N2O4S/c1-39(36(41)34-29-11-6-5-9-26(29)22-32(43-2)35(34)44-3)23-27(25-13-14-30(37)31(38)21-25)17-20-40-18-15-24(16-19-40)28-10-7-8-12-33(28)45(4)42/h5-14,21-22,24,27H,15-20,23H2,1-4H3/t27?,45-/m0/s1. The highest BCUT2D eigenvalue weighted by atomic mass is 35.5. The van der Waals surface area contributed by atoms with Crippen LogP contribution in [0.25, 0.3) is 10.8 Å². The zero-order valence-electron chi connectivity index (χ0n) is 26.2. The molecule has 1 amide bonds. The minimum Gasteiger partial charge on any atom is -0.493 e. The molecule has 6 nitrogen and oxygen atoms in total. The van der Waals surface area contributed by atoms with Crippen LogP contribution in [-0.4, -0.2) is 73.6 Å². The van der Waals surface area contributed by atoms with Gasteiger partial charge in [0.1, 0.15) is 0 Å². The maximum atomic E-state index is 14.2. The van der Waals surface area contributed by atoms with Crippen molar-refractivity contribution in [3.8, 4) is 11.5 Å². The van der Waals surface area contributed by atoms with Crippen LogP contribution >= 0.6 is 23.2 Å². The molecular weight excluding hydrogens is 627 g/mol. The molecule has 0 radical (unpaired) electrons. The van der Waals surface area contributed by atoms with E-state index in [2.05, 4.69) is 11.0 Å². The molecule has 9 heteroatoms. The summed E-state index contributed by atoms with van der Waals surface area (Å²) >= 11 is 12.8. The second-order valence-electron chi connectivity index (χ2n) is 11.7. The van der Waals surface area contributed by atoms with E-state index in [1.807, 2.05) is 73.8 Å². The number of carbonyl (C=O) groups is 1. The summed E-state index contributed by atoms with van der Waals surface area (Å²) in [5.41, 5.74) is 2.74. The Morgan fingerprint density at radius 1 is 0.978 bits per heavy atom. The average Bonchev–Trinajstić information content (AvgIpc) is 3.06. The van der Waals surface area contributed by atoms with Crippen LogP contribution in [0.5, 0.6) is 11.5 Å². The molecule has 1 saturated heterocycles. The van der Waals surface area contributed by atoms with Crippen molar-refractivity contribution in [3.63, 3.8) is 0 Å². The highest BCUT2D eigenvalue weighted by Crippen LogP contribution is 2.39. The Morgan fingerprint density at radius 3 is 2.38 bits per heavy atom. The maximum absolute atomic E-state index is 14.2. The van der Waals surface area contributed by atoms with Gasteiger partial charge in [-0.1, -0.05) is 71.7 Å². The molecule has 0 saturated carbocycles. The molecule has 5 rings (SSSR count). The molecule has 0 N–H and O–H groups in total. The number of likely N-dealkylation sites (tertiary alicyclic amines) is 1. The monoisotopic (exact) mass is 666 g/mol. The molecule has 0 aliphatic carbocycles. The van der Waals surface area contributed by atoms with Crippen molar-refractivity contribution in [1.82, 2.24) is 9.80 Å². The molecule has 1 aliphatic heterocycles. The van der Waals surface area contributed by atoms with Gasteiger partial charge in [-0.2, -0.15) is 0 Å². The second-order valence-corrected chi connectivity index (χ2v) is 13.8. The van der Waals surface area contributed by atoms with Gasteiger partial charge < -0.3 is 19.3 Å². The molecule has 45 heavy (non-hydrogen) atoms. The predicted molar refractivity (Wildman–Crippen MR) is 185 cm³/mol. The Labute approximate surface area is 278 Å². The summed E-state index contributed by atoms with van der Waals surface area (Å²) < 4.78 is 23.7. The van der Waals surface area contributed by atoms with Crippen LogP contribution in [-0.2, 0) is 10.8 Å². The third kappa shape index (κ3) is 7.49. The SMILES string of the molecule is COc1cc2ccccc2c(C(=O)N(C)CC(CCN2CCC(c3ccccc3[S@](C)=O)CC2)c2ccc(Cl)c(Cl)c2)c1OC. The number of rotatable bonds is 11. The summed E-state index contributed by atoms with van der Waals surface area (Å²) in [4.78, 5) is 19.4. The predicted octanol–water partition coefficient (Wildman–Crippen LogP) is 8.03. The van der Waals surface area contributed by atoms with E-state index in [0.29, 0.717) is 39.6 Å². The molecule has 2 atom stereocenters. The molecule has 0 spiro atoms. The van der Waals surface area contributed by atoms with E-state index in [1.54, 1.807) is 25.4 Å². The van der Waals surface area contributed by atoms with E-state index in [9.17, 15) is 9.00 Å². The van der Waals surface area contributed by atoms with Crippen LogP contribution in [0.1, 0.15) is 52.6 Å². The van der Waals surface area contributed by atoms with Crippen molar-refractivity contribution in [1.29, 1.82) is 0 Å². The fourth-order valence-corrected chi connectivity index (χ4v) is 7.63. The number of amides is 1. The first-order chi connectivity index (χ1) is 21.7. The number of methoxy groups -OCH3 is 2. The number of benzene rings is 4. The van der Waals surface area contributed by atoms with Gasteiger partial charge in [0.2, 0.25) is 0 Å². The summed E-state index contributed by atoms with van der Waals surface area (Å²) in [7, 11) is 3.97. The molecule has 1 fully saturated rings. The summed E-state index contributed by atoms with van der Waals surface area (Å²) in [5, 5.41) is 2.73. The van der Waals surface area contributed by atoms with Gasteiger partial charge in [0.05, 0.1) is 40.6 Å². The van der Waals surface area contributed by atoms with Gasteiger partial charge in [0.15, 0.2) is 11.5 Å². The molecular formula is C36H40Cl2N2O4S. The van der Waals surface area contributed by atoms with Crippen LogP contribution in [0, 0.1) is 0 Å². The Morgan fingerprint density at radius 2 is 1.69 bits per heavy atom. The van der Waals surface area contributed by atoms with Gasteiger partial charge in [-0.05, 0) is 91.0 Å². The third-order valence-corrected chi connectivity index (χ3v) is 10.6. The summed E-state index contributed by atoms with van der Waals surface area (Å²) in [6.07, 6.45) is 4.64. The smallest absolute Gasteiger partial charge is 0.258 e. The van der Waals surface area contributed by atoms with E-state index in [4.69, 9.17) is 32.7 Å². The fourth-order valence-electron chi connectivity index (χ4n) is 6.49. The van der Waals surface area contributed by atoms with E-state index >= 15 is 0 Å². The van der Waals surface area contributed by atoms with Gasteiger partial charge in [0, 0.05) is 30.7 Å². The van der Waals surface area contributed by atoms with Crippen molar-refractivity contribution in [3.05, 3.63) is 99.5 Å². The van der Waals surface area contributed by atoms with Gasteiger partial charge in [0.25, 0.3) is 5.91 Å². The van der Waals surface area contributed by atoms with E-state index < -0.39 is 10.8 Å². The molecule has 1 unspecified atom stereocenters. The molecule has 4 aromatic carbocycles. The number of carbonyl (C=O) groups excluding carboxylic acids is 1. The number of nitrogens with zero attached hydrogens (tertiary/aromatic N) is 2. The van der Waals surface area contributed by atoms with Gasteiger partial charge >= 0.3 is 0 Å². The highest BCUT2D eigenvalue weighted by molar-refractivity contribution is 7.84. The first-order valence-corrected chi connectivity index (χ1v) is 17.5. The van der Waals surface area contributed by atoms with E-state index in [1.165, 1.54) is 5.56 Å². The lowest BCUT2D eigenvalue weighted by Crippen LogP contribution is -2.36. The van der Waals surface area contributed by atoms with Gasteiger partial charge in [-0.15, -0.1) is 0 Å². The van der Waals surface area contributed by atoms with Crippen molar-refractivity contribution in [2.75, 3.05) is 53.7 Å². The maximum Gasteiger partial charge on any atom is 0.258 e. The molecule has 238 valence electrons. The first-order valence-electron chi connectivity index (χ1n) is 15.2. The van der Waals surface area contributed by atoms with Crippen molar-refractivity contribution >= 4 is 50.7 Å². The normalized spacial score (nSPS) is 15.5. The van der Waals surface area contributed by atoms with E-state index in [0.717, 1.165) is 60.1 Å². The van der Waals surface area contributed by atoms with Crippen LogP contribution in [0.15, 0.2) is 77.7 Å². The minimum atomic E-state index is -1.00. The van der Waals surface area contributed by atoms with Gasteiger partial charge in [-0.25, -0.2) is 0 Å². The molecule has 4 aromatic rings. The summed E-state index contributed by atoms with van der Waals surface area (Å²) in [5.74, 6) is 1.24. The number of piperidine rings is 1. The largest absolute Gasteiger partial charge is 0.493 e. The number of likely N-dealkylation sites (N-methyl/N-ethyl adjacent to an activating group) is 1. The molecule has 1 heterocycles. The number of hydrogen-bond acceptors (Lipinski definition) is 5. The quantitative estimate of drug-likeness (QED) is 0.162. The van der Waals surface area contributed by atoms with Crippen molar-refractivity contribution in [2.24, 2.45) is 0 Å². The van der Waals surface area contributed by atoms with Crippen LogP contribution in [0.2, 0.25) is 10.0 Å². The zero-order valence-corrected chi connectivity index (χ0v) is 28.6. The lowest BCUT2D eigenvalue weighted by atomic mass is 9.88. The Hall–Kier alpha value is -3.10. The molecule has 1 aliphatic rings. The first kappa shape index (κ1) is 33.3. The van der Waals surface area contributed by atoms with Crippen LogP contribution in [0.3, 0.4) is 0 Å². The number of ether oxygens (including phenoxy) is 2. The summed E-state index contributed by atoms with van der Waals surface area (Å²) in [6.45, 7) is 3.29. The average molecular weight is 668 g/mol. The Balaban J connectivity index is 1.34. The number of hydrogen-bond donors (Lipinski definition) is 0. The summed E-state index contributed by atoms with van der Waals surface area (Å²) in [6, 6.07) is 23.5. The highest BCUT2D eigenvalue weighted by Gasteiger charge is 2.28. The van der Waals surface area contributed by atoms with Gasteiger partial charge in [-0.3, -0.25) is 9.00 Å². The fraction of sp³-hybridized carbons (Fsp3) is 0.361. The van der Waals surface area contributed by atoms with Crippen LogP contribution in [0.4, 0.5) is 0 Å².